The summed E-state index contributed by atoms with van der Waals surface area (Å²) in [4.78, 5) is 2.71. The van der Waals surface area contributed by atoms with Crippen LogP contribution in [-0.2, 0) is 0 Å². The molecule has 4 aliphatic carbocycles. The Morgan fingerprint density at radius 3 is 2.52 bits per heavy atom. The zero-order valence-electron chi connectivity index (χ0n) is 15.7. The van der Waals surface area contributed by atoms with Crippen molar-refractivity contribution < 1.29 is 0 Å². The lowest BCUT2D eigenvalue weighted by atomic mass is 9.45. The van der Waals surface area contributed by atoms with Crippen LogP contribution in [0.1, 0.15) is 78.1 Å². The van der Waals surface area contributed by atoms with E-state index in [0.717, 1.165) is 46.5 Å². The summed E-state index contributed by atoms with van der Waals surface area (Å²) < 4.78 is 0. The fraction of sp³-hybridized carbons (Fsp3) is 1.00. The van der Waals surface area contributed by atoms with Crippen LogP contribution < -0.4 is 0 Å². The van der Waals surface area contributed by atoms with Crippen molar-refractivity contribution in [3.63, 3.8) is 0 Å². The second-order valence-electron chi connectivity index (χ2n) is 10.5. The molecule has 0 amide bonds. The summed E-state index contributed by atoms with van der Waals surface area (Å²) in [5.74, 6) is 5.35. The first-order valence-electron chi connectivity index (χ1n) is 10.8. The molecule has 1 heteroatoms. The van der Waals surface area contributed by atoms with E-state index < -0.39 is 0 Å². The predicted octanol–water partition coefficient (Wildman–Crippen LogP) is 5.35. The first-order chi connectivity index (χ1) is 11.1. The fourth-order valence-electron chi connectivity index (χ4n) is 9.10. The second kappa shape index (κ2) is 4.99. The minimum atomic E-state index is 0.719. The van der Waals surface area contributed by atoms with Crippen molar-refractivity contribution in [3.05, 3.63) is 0 Å². The lowest BCUT2D eigenvalue weighted by Gasteiger charge is -2.60. The van der Waals surface area contributed by atoms with Gasteiger partial charge in [-0.25, -0.2) is 0 Å². The van der Waals surface area contributed by atoms with E-state index in [0.29, 0.717) is 0 Å². The van der Waals surface area contributed by atoms with Gasteiger partial charge >= 0.3 is 0 Å². The maximum atomic E-state index is 2.72. The van der Waals surface area contributed by atoms with Gasteiger partial charge in [-0.05, 0) is 106 Å². The van der Waals surface area contributed by atoms with Crippen molar-refractivity contribution in [1.82, 2.24) is 4.90 Å². The molecular weight excluding hydrogens is 278 g/mol. The SMILES string of the molecule is CC1[C@H]2CC[C@H]3[C@@H]4CCC5CCCC[C@]5(C)[C@H]4CC[C@]23CN1C. The molecule has 130 valence electrons. The minimum Gasteiger partial charge on any atom is -0.303 e. The molecule has 1 saturated heterocycles. The van der Waals surface area contributed by atoms with Gasteiger partial charge in [-0.15, -0.1) is 0 Å². The van der Waals surface area contributed by atoms with Gasteiger partial charge in [0.05, 0.1) is 0 Å². The van der Waals surface area contributed by atoms with Gasteiger partial charge < -0.3 is 4.90 Å². The Morgan fingerprint density at radius 1 is 0.826 bits per heavy atom. The highest BCUT2D eigenvalue weighted by Crippen LogP contribution is 2.69. The molecule has 1 nitrogen and oxygen atoms in total. The van der Waals surface area contributed by atoms with Crippen LogP contribution >= 0.6 is 0 Å². The molecule has 23 heavy (non-hydrogen) atoms. The molecule has 5 rings (SSSR count). The standard InChI is InChI=1S/C22H37N/c1-15-18-9-10-20-17-8-7-16-6-4-5-12-21(16,2)19(17)11-13-22(18,20)14-23(15)3/h15-20H,4-14H2,1-3H3/t15?,16?,17-,18-,19+,20+,21+,22+/m1/s1. The van der Waals surface area contributed by atoms with E-state index in [1.54, 1.807) is 51.4 Å². The first-order valence-corrected chi connectivity index (χ1v) is 10.8. The molecule has 0 aromatic carbocycles. The van der Waals surface area contributed by atoms with E-state index >= 15 is 0 Å². The fourth-order valence-corrected chi connectivity index (χ4v) is 9.10. The van der Waals surface area contributed by atoms with Crippen molar-refractivity contribution in [2.45, 2.75) is 84.1 Å². The molecule has 5 fully saturated rings. The van der Waals surface area contributed by atoms with Crippen molar-refractivity contribution in [3.8, 4) is 0 Å². The van der Waals surface area contributed by atoms with E-state index in [4.69, 9.17) is 0 Å². The molecule has 0 aromatic rings. The molecule has 1 spiro atoms. The highest BCUT2D eigenvalue weighted by atomic mass is 15.2. The van der Waals surface area contributed by atoms with Crippen LogP contribution in [0.5, 0.6) is 0 Å². The third kappa shape index (κ3) is 1.84. The summed E-state index contributed by atoms with van der Waals surface area (Å²) in [5, 5.41) is 0. The molecule has 8 atom stereocenters. The van der Waals surface area contributed by atoms with E-state index in [1.807, 2.05) is 0 Å². The van der Waals surface area contributed by atoms with E-state index in [-0.39, 0.29) is 0 Å². The summed E-state index contributed by atoms with van der Waals surface area (Å²) >= 11 is 0. The van der Waals surface area contributed by atoms with Crippen molar-refractivity contribution in [1.29, 1.82) is 0 Å². The van der Waals surface area contributed by atoms with E-state index in [1.165, 1.54) is 19.4 Å². The Morgan fingerprint density at radius 2 is 1.65 bits per heavy atom. The van der Waals surface area contributed by atoms with Crippen LogP contribution in [0.3, 0.4) is 0 Å². The van der Waals surface area contributed by atoms with Crippen molar-refractivity contribution in [2.24, 2.45) is 40.4 Å². The first kappa shape index (κ1) is 15.2. The summed E-state index contributed by atoms with van der Waals surface area (Å²) in [7, 11) is 2.40. The Hall–Kier alpha value is -0.0400. The summed E-state index contributed by atoms with van der Waals surface area (Å²) in [6, 6.07) is 0.846. The zero-order valence-corrected chi connectivity index (χ0v) is 15.7. The maximum Gasteiger partial charge on any atom is 0.00982 e. The Balaban J connectivity index is 1.47. The van der Waals surface area contributed by atoms with Crippen LogP contribution in [0.15, 0.2) is 0 Å². The monoisotopic (exact) mass is 315 g/mol. The number of fused-ring (bicyclic) bond motifs is 4. The Kier molecular flexibility index (Phi) is 3.31. The minimum absolute atomic E-state index is 0.719. The summed E-state index contributed by atoms with van der Waals surface area (Å²) in [6.45, 7) is 6.67. The number of hydrogen-bond donors (Lipinski definition) is 0. The second-order valence-corrected chi connectivity index (χ2v) is 10.5. The Labute approximate surface area is 143 Å². The molecule has 1 heterocycles. The molecule has 1 aliphatic heterocycles. The van der Waals surface area contributed by atoms with Crippen LogP contribution in [-0.4, -0.2) is 24.5 Å². The summed E-state index contributed by atoms with van der Waals surface area (Å²) in [6.07, 6.45) is 15.6. The van der Waals surface area contributed by atoms with Crippen molar-refractivity contribution in [2.75, 3.05) is 13.6 Å². The lowest BCUT2D eigenvalue weighted by Crippen LogP contribution is -2.53. The number of nitrogens with zero attached hydrogens (tertiary/aromatic N) is 1. The van der Waals surface area contributed by atoms with Gasteiger partial charge in [-0.3, -0.25) is 0 Å². The third-order valence-electron chi connectivity index (χ3n) is 10.2. The molecule has 0 aromatic heterocycles. The highest BCUT2D eigenvalue weighted by Gasteiger charge is 2.64. The highest BCUT2D eigenvalue weighted by molar-refractivity contribution is 5.14. The molecule has 4 saturated carbocycles. The van der Waals surface area contributed by atoms with Crippen LogP contribution in [0.4, 0.5) is 0 Å². The number of likely N-dealkylation sites (tertiary alicyclic amines) is 1. The molecular formula is C22H37N. The normalized spacial score (nSPS) is 59.1. The molecule has 2 unspecified atom stereocenters. The van der Waals surface area contributed by atoms with Gasteiger partial charge in [0.25, 0.3) is 0 Å². The van der Waals surface area contributed by atoms with Gasteiger partial charge in [0.2, 0.25) is 0 Å². The quantitative estimate of drug-likeness (QED) is 0.582. The molecule has 0 bridgehead atoms. The van der Waals surface area contributed by atoms with Crippen LogP contribution in [0.2, 0.25) is 0 Å². The average molecular weight is 316 g/mol. The van der Waals surface area contributed by atoms with Gasteiger partial charge in [0.15, 0.2) is 0 Å². The van der Waals surface area contributed by atoms with E-state index in [2.05, 4.69) is 25.8 Å². The predicted molar refractivity (Wildman–Crippen MR) is 96.3 cm³/mol. The summed E-state index contributed by atoms with van der Waals surface area (Å²) in [5.41, 5.74) is 1.45. The average Bonchev–Trinajstić information content (AvgIpc) is 3.02. The molecule has 5 aliphatic rings. The van der Waals surface area contributed by atoms with Crippen LogP contribution in [0.25, 0.3) is 0 Å². The third-order valence-corrected chi connectivity index (χ3v) is 10.2. The van der Waals surface area contributed by atoms with Crippen LogP contribution in [0, 0.1) is 40.4 Å². The van der Waals surface area contributed by atoms with Gasteiger partial charge in [-0.1, -0.05) is 19.8 Å². The van der Waals surface area contributed by atoms with Crippen molar-refractivity contribution >= 4 is 0 Å². The maximum absolute atomic E-state index is 2.72. The van der Waals surface area contributed by atoms with Gasteiger partial charge in [0.1, 0.15) is 0 Å². The smallest absolute Gasteiger partial charge is 0.00982 e. The molecule has 0 N–H and O–H groups in total. The van der Waals surface area contributed by atoms with Gasteiger partial charge in [0, 0.05) is 12.6 Å². The topological polar surface area (TPSA) is 3.24 Å². The van der Waals surface area contributed by atoms with Gasteiger partial charge in [-0.2, -0.15) is 0 Å². The van der Waals surface area contributed by atoms with E-state index in [9.17, 15) is 0 Å². The number of rotatable bonds is 0. The molecule has 0 radical (unpaired) electrons. The lowest BCUT2D eigenvalue weighted by molar-refractivity contribution is -0.109. The largest absolute Gasteiger partial charge is 0.303 e. The zero-order chi connectivity index (χ0) is 15.8. The number of hydrogen-bond acceptors (Lipinski definition) is 1. The Bertz CT molecular complexity index is 486.